The van der Waals surface area contributed by atoms with Crippen molar-refractivity contribution in [2.24, 2.45) is 5.73 Å². The lowest BCUT2D eigenvalue weighted by atomic mass is 9.96. The molecule has 3 aromatic heterocycles. The maximum atomic E-state index is 10.6. The molecule has 0 aliphatic rings. The van der Waals surface area contributed by atoms with E-state index in [0.717, 1.165) is 53.6 Å². The standard InChI is InChI=1S/C18H15N3O.C17H15BrN2O.C9H7NO.C7H5BrO.CH5N/c1-20-16(14-6-4-12(11-19)5-7-14)15-9-8-13-3-2-10-21-17(13)18(15)22;1-19-15(12-4-7-13(18)8-5-12)14-9-6-11-3-2-10-20-16(11)17(14)21;11-8-5-1-3-7-4-2-6-10-9(7)8;8-7-3-1-6(5-9)2-4-7;1-2/h2-10,16,20,22H,1H3;2-10,15,19,21H,1H3;1-6,11H;1-5H;2H2,1H3. The van der Waals surface area contributed by atoms with Crippen molar-refractivity contribution in [3.05, 3.63) is 213 Å². The molecule has 2 atom stereocenters. The average molecular weight is 994 g/mol. The molecule has 0 bridgehead atoms. The Labute approximate surface area is 394 Å². The van der Waals surface area contributed by atoms with E-state index in [-0.39, 0.29) is 29.3 Å². The third-order valence-electron chi connectivity index (χ3n) is 9.95. The number of nitrogens with one attached hydrogen (secondary N) is 2. The van der Waals surface area contributed by atoms with E-state index in [1.54, 1.807) is 55.0 Å². The van der Waals surface area contributed by atoms with Gasteiger partial charge in [-0.1, -0.05) is 123 Å². The number of nitrogens with two attached hydrogens (primary N) is 1. The highest BCUT2D eigenvalue weighted by Gasteiger charge is 2.19. The Hall–Kier alpha value is -7.05. The summed E-state index contributed by atoms with van der Waals surface area (Å²) in [4.78, 5) is 22.7. The minimum Gasteiger partial charge on any atom is -0.506 e. The van der Waals surface area contributed by atoms with Crippen LogP contribution in [-0.4, -0.2) is 57.7 Å². The molecule has 11 nitrogen and oxygen atoms in total. The molecule has 0 saturated carbocycles. The van der Waals surface area contributed by atoms with E-state index < -0.39 is 0 Å². The van der Waals surface area contributed by atoms with E-state index >= 15 is 0 Å². The second kappa shape index (κ2) is 24.7. The lowest BCUT2D eigenvalue weighted by molar-refractivity contribution is 0.112. The quantitative estimate of drug-likeness (QED) is 0.0833. The van der Waals surface area contributed by atoms with Gasteiger partial charge in [0.05, 0.1) is 23.7 Å². The number of nitriles is 1. The zero-order chi connectivity index (χ0) is 46.7. The van der Waals surface area contributed by atoms with E-state index in [2.05, 4.69) is 69.2 Å². The van der Waals surface area contributed by atoms with E-state index in [0.29, 0.717) is 27.7 Å². The van der Waals surface area contributed by atoms with Crippen LogP contribution < -0.4 is 16.4 Å². The predicted molar refractivity (Wildman–Crippen MR) is 267 cm³/mol. The zero-order valence-electron chi connectivity index (χ0n) is 35.8. The van der Waals surface area contributed by atoms with Crippen LogP contribution in [0.4, 0.5) is 0 Å². The summed E-state index contributed by atoms with van der Waals surface area (Å²) in [5, 5.41) is 48.6. The molecule has 9 aromatic rings. The number of aldehydes is 1. The molecule has 0 amide bonds. The molecular weight excluding hydrogens is 946 g/mol. The van der Waals surface area contributed by atoms with Crippen LogP contribution in [-0.2, 0) is 0 Å². The van der Waals surface area contributed by atoms with Crippen LogP contribution in [0.15, 0.2) is 179 Å². The van der Waals surface area contributed by atoms with Gasteiger partial charge in [0, 0.05) is 60.4 Å². The highest BCUT2D eigenvalue weighted by molar-refractivity contribution is 9.10. The van der Waals surface area contributed by atoms with Crippen LogP contribution in [0.5, 0.6) is 17.2 Å². The Balaban J connectivity index is 0.000000170. The highest BCUT2D eigenvalue weighted by atomic mass is 79.9. The third-order valence-corrected chi connectivity index (χ3v) is 11.0. The van der Waals surface area contributed by atoms with Gasteiger partial charge in [0.1, 0.15) is 40.1 Å². The van der Waals surface area contributed by atoms with Gasteiger partial charge >= 0.3 is 0 Å². The molecule has 0 aliphatic carbocycles. The van der Waals surface area contributed by atoms with E-state index in [1.807, 2.05) is 129 Å². The van der Waals surface area contributed by atoms with Crippen LogP contribution in [0.2, 0.25) is 0 Å². The SMILES string of the molecule is CN.CNC(c1ccc(Br)cc1)c1ccc2cccnc2c1O.CNC(c1ccc(C#N)cc1)c1ccc2cccnc2c1O.O=Cc1ccc(Br)cc1.Oc1cccc2cccnc12. The lowest BCUT2D eigenvalue weighted by Crippen LogP contribution is -2.17. The number of pyridine rings is 3. The molecule has 7 N–H and O–H groups in total. The van der Waals surface area contributed by atoms with Gasteiger partial charge in [-0.3, -0.25) is 19.7 Å². The van der Waals surface area contributed by atoms with Crippen LogP contribution >= 0.6 is 31.9 Å². The van der Waals surface area contributed by atoms with Crippen molar-refractivity contribution >= 4 is 70.9 Å². The normalized spacial score (nSPS) is 11.2. The van der Waals surface area contributed by atoms with Crippen molar-refractivity contribution in [1.29, 1.82) is 5.26 Å². The number of para-hydroxylation sites is 1. The fourth-order valence-electron chi connectivity index (χ4n) is 6.79. The summed E-state index contributed by atoms with van der Waals surface area (Å²) in [6, 6.07) is 48.9. The lowest BCUT2D eigenvalue weighted by Gasteiger charge is -2.19. The first-order chi connectivity index (χ1) is 31.6. The van der Waals surface area contributed by atoms with Crippen LogP contribution in [0.25, 0.3) is 32.7 Å². The van der Waals surface area contributed by atoms with Crippen LogP contribution in [0.3, 0.4) is 0 Å². The fraction of sp³-hybridized carbons (Fsp3) is 0.0962. The van der Waals surface area contributed by atoms with Gasteiger partial charge in [0.15, 0.2) is 0 Å². The summed E-state index contributed by atoms with van der Waals surface area (Å²) in [6.45, 7) is 0. The van der Waals surface area contributed by atoms with Gasteiger partial charge in [-0.05, 0) is 92.9 Å². The monoisotopic (exact) mass is 991 g/mol. The number of hydrogen-bond acceptors (Lipinski definition) is 11. The number of halogens is 2. The number of carbonyl (C=O) groups is 1. The van der Waals surface area contributed by atoms with Crippen LogP contribution in [0, 0.1) is 11.3 Å². The minimum atomic E-state index is -0.167. The Morgan fingerprint density at radius 2 is 0.954 bits per heavy atom. The zero-order valence-corrected chi connectivity index (χ0v) is 38.9. The van der Waals surface area contributed by atoms with Crippen molar-refractivity contribution in [3.8, 4) is 23.3 Å². The van der Waals surface area contributed by atoms with Crippen molar-refractivity contribution < 1.29 is 20.1 Å². The smallest absolute Gasteiger partial charge is 0.150 e. The third kappa shape index (κ3) is 12.8. The average Bonchev–Trinajstić information content (AvgIpc) is 3.36. The first-order valence-corrected chi connectivity index (χ1v) is 21.8. The minimum absolute atomic E-state index is 0.0792. The van der Waals surface area contributed by atoms with Crippen molar-refractivity contribution in [1.82, 2.24) is 25.6 Å². The number of hydrogen-bond donors (Lipinski definition) is 6. The first-order valence-electron chi connectivity index (χ1n) is 20.2. The van der Waals surface area contributed by atoms with Gasteiger partial charge in [-0.25, -0.2) is 0 Å². The number of rotatable bonds is 7. The summed E-state index contributed by atoms with van der Waals surface area (Å²) in [5.74, 6) is 0.653. The molecule has 0 fully saturated rings. The Bertz CT molecular complexity index is 2980. The molecule has 2 unspecified atom stereocenters. The van der Waals surface area contributed by atoms with Gasteiger partial charge in [0.2, 0.25) is 0 Å². The fourth-order valence-corrected chi connectivity index (χ4v) is 7.32. The first kappa shape index (κ1) is 49.0. The van der Waals surface area contributed by atoms with Crippen LogP contribution in [0.1, 0.15) is 50.3 Å². The van der Waals surface area contributed by atoms with Gasteiger partial charge in [0.25, 0.3) is 0 Å². The molecule has 65 heavy (non-hydrogen) atoms. The van der Waals surface area contributed by atoms with Crippen molar-refractivity contribution in [2.45, 2.75) is 12.1 Å². The number of nitrogens with zero attached hydrogens (tertiary/aromatic N) is 4. The van der Waals surface area contributed by atoms with Crippen molar-refractivity contribution in [3.63, 3.8) is 0 Å². The number of phenolic OH excluding ortho intramolecular Hbond substituents is 3. The number of aromatic hydroxyl groups is 3. The molecule has 9 rings (SSSR count). The molecular formula is C52H47Br2N7O4. The Morgan fingerprint density at radius 1 is 0.554 bits per heavy atom. The Morgan fingerprint density at radius 3 is 1.37 bits per heavy atom. The largest absolute Gasteiger partial charge is 0.506 e. The molecule has 328 valence electrons. The number of fused-ring (bicyclic) bond motifs is 3. The summed E-state index contributed by atoms with van der Waals surface area (Å²) < 4.78 is 2.03. The molecule has 0 saturated heterocycles. The number of phenols is 3. The van der Waals surface area contributed by atoms with E-state index in [4.69, 9.17) is 5.26 Å². The predicted octanol–water partition coefficient (Wildman–Crippen LogP) is 10.9. The topological polar surface area (TPSA) is 190 Å². The summed E-state index contributed by atoms with van der Waals surface area (Å²) >= 11 is 6.70. The number of benzene rings is 6. The summed E-state index contributed by atoms with van der Waals surface area (Å²) in [7, 11) is 5.22. The molecule has 0 spiro atoms. The molecule has 0 radical (unpaired) electrons. The molecule has 0 aliphatic heterocycles. The number of aromatic nitrogens is 3. The van der Waals surface area contributed by atoms with Gasteiger partial charge in [-0.15, -0.1) is 0 Å². The maximum absolute atomic E-state index is 10.6. The summed E-state index contributed by atoms with van der Waals surface area (Å²) in [5.41, 5.74) is 11.4. The second-order valence-electron chi connectivity index (χ2n) is 13.9. The molecule has 13 heteroatoms. The van der Waals surface area contributed by atoms with E-state index in [9.17, 15) is 20.1 Å². The second-order valence-corrected chi connectivity index (χ2v) is 15.7. The number of carbonyl (C=O) groups excluding carboxylic acids is 1. The molecule has 6 aromatic carbocycles. The van der Waals surface area contributed by atoms with Gasteiger partial charge in [-0.2, -0.15) is 5.26 Å². The maximum Gasteiger partial charge on any atom is 0.150 e. The van der Waals surface area contributed by atoms with Crippen molar-refractivity contribution in [2.75, 3.05) is 21.1 Å². The Kier molecular flexibility index (Phi) is 18.6. The highest BCUT2D eigenvalue weighted by Crippen LogP contribution is 2.36. The molecule has 3 heterocycles. The summed E-state index contributed by atoms with van der Waals surface area (Å²) in [6.07, 6.45) is 5.86. The van der Waals surface area contributed by atoms with E-state index in [1.165, 1.54) is 7.05 Å². The van der Waals surface area contributed by atoms with Gasteiger partial charge < -0.3 is 31.7 Å².